The van der Waals surface area contributed by atoms with Gasteiger partial charge in [-0.2, -0.15) is 0 Å². The summed E-state index contributed by atoms with van der Waals surface area (Å²) in [5, 5.41) is 34.6. The Balaban J connectivity index is 5.64. The van der Waals surface area contributed by atoms with Crippen LogP contribution >= 0.6 is 0 Å². The van der Waals surface area contributed by atoms with Gasteiger partial charge in [-0.15, -0.1) is 0 Å². The van der Waals surface area contributed by atoms with Crippen molar-refractivity contribution in [3.63, 3.8) is 0 Å². The van der Waals surface area contributed by atoms with E-state index < -0.39 is 66.4 Å². The van der Waals surface area contributed by atoms with Gasteiger partial charge in [-0.05, 0) is 45.6 Å². The van der Waals surface area contributed by atoms with Crippen LogP contribution in [0.2, 0.25) is 0 Å². The van der Waals surface area contributed by atoms with E-state index in [9.17, 15) is 34.2 Å². The summed E-state index contributed by atoms with van der Waals surface area (Å²) >= 11 is 0. The Morgan fingerprint density at radius 3 is 1.78 bits per heavy atom. The van der Waals surface area contributed by atoms with E-state index in [1.165, 1.54) is 6.92 Å². The second kappa shape index (κ2) is 17.0. The number of amides is 3. The molecular weight excluding hydrogens is 480 g/mol. The summed E-state index contributed by atoms with van der Waals surface area (Å²) in [5.41, 5.74) is 21.6. The van der Waals surface area contributed by atoms with Crippen molar-refractivity contribution in [2.45, 2.75) is 75.7 Å². The van der Waals surface area contributed by atoms with Gasteiger partial charge in [-0.3, -0.25) is 24.2 Å². The molecule has 36 heavy (non-hydrogen) atoms. The van der Waals surface area contributed by atoms with Crippen LogP contribution in [0.25, 0.3) is 0 Å². The predicted molar refractivity (Wildman–Crippen MR) is 128 cm³/mol. The molecule has 0 aliphatic heterocycles. The number of nitrogens with one attached hydrogen (secondary N) is 3. The summed E-state index contributed by atoms with van der Waals surface area (Å²) < 4.78 is 0. The lowest BCUT2D eigenvalue weighted by Crippen LogP contribution is -2.58. The van der Waals surface area contributed by atoms with Crippen LogP contribution in [0.5, 0.6) is 0 Å². The molecule has 0 aliphatic rings. The number of nitrogens with two attached hydrogens (primary N) is 4. The molecule has 206 valence electrons. The maximum atomic E-state index is 13.0. The topological polar surface area (TPSA) is 299 Å². The first kappa shape index (κ1) is 32.5. The first-order valence-corrected chi connectivity index (χ1v) is 11.3. The smallest absolute Gasteiger partial charge is 0.326 e. The first-order chi connectivity index (χ1) is 16.8. The SMILES string of the molecule is CC(O)C(N)C(=O)NC(CCCN=C(N)N)C(=O)NC(CCCCN)C(=O)NC(CC(=O)O)C(=O)O. The van der Waals surface area contributed by atoms with Crippen molar-refractivity contribution in [3.8, 4) is 0 Å². The molecule has 0 aliphatic carbocycles. The highest BCUT2D eigenvalue weighted by atomic mass is 16.4. The first-order valence-electron chi connectivity index (χ1n) is 11.3. The highest BCUT2D eigenvalue weighted by Gasteiger charge is 2.31. The Bertz CT molecular complexity index is 788. The number of hydrogen-bond donors (Lipinski definition) is 10. The molecular formula is C20H38N8O8. The van der Waals surface area contributed by atoms with Gasteiger partial charge >= 0.3 is 11.9 Å². The van der Waals surface area contributed by atoms with Crippen molar-refractivity contribution in [2.75, 3.05) is 13.1 Å². The fourth-order valence-corrected chi connectivity index (χ4v) is 2.94. The van der Waals surface area contributed by atoms with Crippen molar-refractivity contribution in [2.24, 2.45) is 27.9 Å². The molecule has 0 aromatic heterocycles. The molecule has 0 bridgehead atoms. The lowest BCUT2D eigenvalue weighted by Gasteiger charge is -2.25. The Morgan fingerprint density at radius 2 is 1.33 bits per heavy atom. The lowest BCUT2D eigenvalue weighted by atomic mass is 10.0. The summed E-state index contributed by atoms with van der Waals surface area (Å²) in [5.74, 6) is -5.69. The number of rotatable bonds is 18. The van der Waals surface area contributed by atoms with Gasteiger partial charge in [0.1, 0.15) is 24.2 Å². The lowest BCUT2D eigenvalue weighted by molar-refractivity contribution is -0.147. The van der Waals surface area contributed by atoms with Gasteiger partial charge in [0.2, 0.25) is 17.7 Å². The number of guanidine groups is 1. The van der Waals surface area contributed by atoms with E-state index in [0.29, 0.717) is 19.4 Å². The molecule has 0 rings (SSSR count). The Kier molecular flexibility index (Phi) is 15.4. The average molecular weight is 519 g/mol. The Morgan fingerprint density at radius 1 is 0.833 bits per heavy atom. The summed E-state index contributed by atoms with van der Waals surface area (Å²) in [6, 6.07) is -5.49. The van der Waals surface area contributed by atoms with Crippen molar-refractivity contribution in [1.29, 1.82) is 0 Å². The number of aliphatic hydroxyl groups is 1. The van der Waals surface area contributed by atoms with Gasteiger partial charge in [0.05, 0.1) is 12.5 Å². The van der Waals surface area contributed by atoms with E-state index in [-0.39, 0.29) is 31.8 Å². The zero-order chi connectivity index (χ0) is 27.8. The maximum Gasteiger partial charge on any atom is 0.326 e. The standard InChI is InChI=1S/C20H38N8O8/c1-10(29)15(22)18(34)27-12(6-4-8-25-20(23)24)16(32)26-11(5-2-3-7-21)17(33)28-13(19(35)36)9-14(30)31/h10-13,15,29H,2-9,21-22H2,1H3,(H,26,32)(H,27,34)(H,28,33)(H,30,31)(H,35,36)(H4,23,24,25). The van der Waals surface area contributed by atoms with E-state index in [0.717, 1.165) is 0 Å². The molecule has 0 heterocycles. The van der Waals surface area contributed by atoms with Crippen molar-refractivity contribution >= 4 is 35.6 Å². The largest absolute Gasteiger partial charge is 0.481 e. The summed E-state index contributed by atoms with van der Waals surface area (Å²) in [6.07, 6.45) is -0.828. The Labute approximate surface area is 208 Å². The number of hydrogen-bond acceptors (Lipinski definition) is 9. The fraction of sp³-hybridized carbons (Fsp3) is 0.700. The molecule has 14 N–H and O–H groups in total. The number of carbonyl (C=O) groups excluding carboxylic acids is 3. The molecule has 3 amide bonds. The molecule has 0 aromatic rings. The van der Waals surface area contributed by atoms with Crippen LogP contribution in [0.3, 0.4) is 0 Å². The van der Waals surface area contributed by atoms with Gasteiger partial charge in [0.25, 0.3) is 0 Å². The van der Waals surface area contributed by atoms with Crippen LogP contribution in [-0.2, 0) is 24.0 Å². The molecule has 5 atom stereocenters. The van der Waals surface area contributed by atoms with E-state index in [4.69, 9.17) is 28.0 Å². The number of aliphatic carboxylic acids is 2. The summed E-state index contributed by atoms with van der Waals surface area (Å²) in [4.78, 5) is 64.1. The predicted octanol–water partition coefficient (Wildman–Crippen LogP) is -4.11. The van der Waals surface area contributed by atoms with Gasteiger partial charge < -0.3 is 54.2 Å². The Hall–Kier alpha value is -3.50. The quantitative estimate of drug-likeness (QED) is 0.0470. The molecule has 16 nitrogen and oxygen atoms in total. The second-order valence-electron chi connectivity index (χ2n) is 8.12. The van der Waals surface area contributed by atoms with Crippen LogP contribution in [0.1, 0.15) is 45.4 Å². The van der Waals surface area contributed by atoms with Crippen LogP contribution in [0.4, 0.5) is 0 Å². The highest BCUT2D eigenvalue weighted by molar-refractivity contribution is 5.94. The average Bonchev–Trinajstić information content (AvgIpc) is 2.78. The third-order valence-electron chi connectivity index (χ3n) is 4.97. The van der Waals surface area contributed by atoms with Gasteiger partial charge in [0, 0.05) is 6.54 Å². The molecule has 0 aromatic carbocycles. The van der Waals surface area contributed by atoms with E-state index in [2.05, 4.69) is 20.9 Å². The molecule has 0 saturated carbocycles. The van der Waals surface area contributed by atoms with Gasteiger partial charge in [-0.25, -0.2) is 4.79 Å². The van der Waals surface area contributed by atoms with Gasteiger partial charge in [-0.1, -0.05) is 0 Å². The molecule has 0 spiro atoms. The number of aliphatic imine (C=N–C) groups is 1. The fourth-order valence-electron chi connectivity index (χ4n) is 2.94. The zero-order valence-corrected chi connectivity index (χ0v) is 20.2. The monoisotopic (exact) mass is 518 g/mol. The van der Waals surface area contributed by atoms with E-state index in [1.54, 1.807) is 0 Å². The maximum absolute atomic E-state index is 13.0. The second-order valence-corrected chi connectivity index (χ2v) is 8.12. The summed E-state index contributed by atoms with van der Waals surface area (Å²) in [7, 11) is 0. The van der Waals surface area contributed by atoms with E-state index >= 15 is 0 Å². The minimum absolute atomic E-state index is 0.0365. The number of carboxylic acid groups (broad SMARTS) is 2. The zero-order valence-electron chi connectivity index (χ0n) is 20.2. The minimum atomic E-state index is -1.72. The van der Waals surface area contributed by atoms with Crippen molar-refractivity contribution < 1.29 is 39.3 Å². The van der Waals surface area contributed by atoms with Crippen molar-refractivity contribution in [1.82, 2.24) is 16.0 Å². The number of nitrogens with zero attached hydrogens (tertiary/aromatic N) is 1. The van der Waals surface area contributed by atoms with Crippen LogP contribution in [-0.4, -0.2) is 94.3 Å². The normalized spacial score (nSPS) is 14.9. The van der Waals surface area contributed by atoms with Crippen LogP contribution in [0, 0.1) is 0 Å². The molecule has 0 saturated heterocycles. The van der Waals surface area contributed by atoms with Crippen LogP contribution in [0.15, 0.2) is 4.99 Å². The number of unbranched alkanes of at least 4 members (excludes halogenated alkanes) is 1. The highest BCUT2D eigenvalue weighted by Crippen LogP contribution is 2.06. The summed E-state index contributed by atoms with van der Waals surface area (Å²) in [6.45, 7) is 1.74. The number of carbonyl (C=O) groups is 5. The molecule has 16 heteroatoms. The van der Waals surface area contributed by atoms with Crippen LogP contribution < -0.4 is 38.9 Å². The molecule has 0 fully saturated rings. The third-order valence-corrected chi connectivity index (χ3v) is 4.97. The number of aliphatic hydroxyl groups excluding tert-OH is 1. The molecule has 5 unspecified atom stereocenters. The van der Waals surface area contributed by atoms with Crippen molar-refractivity contribution in [3.05, 3.63) is 0 Å². The minimum Gasteiger partial charge on any atom is -0.481 e. The third kappa shape index (κ3) is 13.4. The van der Waals surface area contributed by atoms with E-state index in [1.807, 2.05) is 0 Å². The molecule has 0 radical (unpaired) electrons. The number of carboxylic acids is 2. The van der Waals surface area contributed by atoms with Gasteiger partial charge in [0.15, 0.2) is 5.96 Å².